The first-order chi connectivity index (χ1) is 13.6. The van der Waals surface area contributed by atoms with Gasteiger partial charge in [-0.2, -0.15) is 8.75 Å². The van der Waals surface area contributed by atoms with E-state index in [2.05, 4.69) is 8.75 Å². The molecule has 2 saturated heterocycles. The van der Waals surface area contributed by atoms with Crippen molar-refractivity contribution in [1.82, 2.24) is 18.5 Å². The summed E-state index contributed by atoms with van der Waals surface area (Å²) in [6.07, 6.45) is 1.84. The number of carbonyl (C=O) groups is 2. The lowest BCUT2D eigenvalue weighted by atomic mass is 9.90. The normalized spacial score (nSPS) is 19.7. The largest absolute Gasteiger partial charge is 0.372 e. The Balaban J connectivity index is 1.44. The van der Waals surface area contributed by atoms with Crippen LogP contribution in [0, 0.1) is 6.92 Å². The number of aryl methyl sites for hydroxylation is 1. The van der Waals surface area contributed by atoms with Crippen LogP contribution in [0.4, 0.5) is 0 Å². The fraction of sp³-hybridized carbons (Fsp3) is 0.500. The third-order valence-electron chi connectivity index (χ3n) is 5.59. The molecular formula is C20H24N4O3S. The molecule has 1 spiro atoms. The highest BCUT2D eigenvalue weighted by atomic mass is 32.1. The van der Waals surface area contributed by atoms with Gasteiger partial charge in [-0.3, -0.25) is 9.59 Å². The van der Waals surface area contributed by atoms with E-state index in [0.717, 1.165) is 17.3 Å². The number of rotatable bonds is 3. The first-order valence-corrected chi connectivity index (χ1v) is 10.3. The molecule has 1 aromatic carbocycles. The average molecular weight is 401 g/mol. The number of hydrogen-bond donors (Lipinski definition) is 0. The van der Waals surface area contributed by atoms with Gasteiger partial charge in [-0.05, 0) is 25.3 Å². The zero-order valence-corrected chi connectivity index (χ0v) is 16.8. The van der Waals surface area contributed by atoms with Gasteiger partial charge < -0.3 is 14.5 Å². The van der Waals surface area contributed by atoms with Crippen LogP contribution >= 0.6 is 11.7 Å². The van der Waals surface area contributed by atoms with E-state index >= 15 is 0 Å². The summed E-state index contributed by atoms with van der Waals surface area (Å²) in [6.45, 7) is 4.61. The van der Waals surface area contributed by atoms with Crippen molar-refractivity contribution in [3.63, 3.8) is 0 Å². The lowest BCUT2D eigenvalue weighted by molar-refractivity contribution is -0.132. The van der Waals surface area contributed by atoms with Gasteiger partial charge in [0.1, 0.15) is 0 Å². The van der Waals surface area contributed by atoms with E-state index in [1.807, 2.05) is 47.1 Å². The number of piperidine rings is 1. The minimum atomic E-state index is -0.382. The highest BCUT2D eigenvalue weighted by Gasteiger charge is 2.41. The summed E-state index contributed by atoms with van der Waals surface area (Å²) in [5.74, 6) is 0.0651. The van der Waals surface area contributed by atoms with Crippen molar-refractivity contribution in [1.29, 1.82) is 0 Å². The molecule has 2 aliphatic heterocycles. The molecular weight excluding hydrogens is 376 g/mol. The van der Waals surface area contributed by atoms with E-state index in [1.54, 1.807) is 0 Å². The second-order valence-electron chi connectivity index (χ2n) is 7.51. The van der Waals surface area contributed by atoms with Gasteiger partial charge in [0.25, 0.3) is 5.91 Å². The van der Waals surface area contributed by atoms with Gasteiger partial charge in [0.05, 0.1) is 42.6 Å². The molecule has 28 heavy (non-hydrogen) atoms. The molecule has 8 heteroatoms. The zero-order valence-electron chi connectivity index (χ0n) is 16.0. The second-order valence-corrected chi connectivity index (χ2v) is 8.04. The smallest absolute Gasteiger partial charge is 0.275 e. The predicted octanol–water partition coefficient (Wildman–Crippen LogP) is 2.27. The molecule has 0 atom stereocenters. The molecule has 2 aromatic rings. The Morgan fingerprint density at radius 3 is 2.64 bits per heavy atom. The van der Waals surface area contributed by atoms with Crippen LogP contribution in [0.25, 0.3) is 0 Å². The molecule has 4 rings (SSSR count). The first-order valence-electron chi connectivity index (χ1n) is 9.60. The minimum absolute atomic E-state index is 0.0630. The maximum absolute atomic E-state index is 12.7. The van der Waals surface area contributed by atoms with Crippen molar-refractivity contribution < 1.29 is 14.3 Å². The van der Waals surface area contributed by atoms with E-state index < -0.39 is 0 Å². The SMILES string of the molecule is Cc1nsnc1C(=O)N1CCC2(CC1)CN(Cc1ccccc1)C(=O)CCO2. The fourth-order valence-corrected chi connectivity index (χ4v) is 4.48. The Morgan fingerprint density at radius 2 is 1.96 bits per heavy atom. The number of aromatic nitrogens is 2. The van der Waals surface area contributed by atoms with Crippen LogP contribution in [-0.4, -0.2) is 62.2 Å². The molecule has 2 fully saturated rings. The van der Waals surface area contributed by atoms with Gasteiger partial charge in [0.2, 0.25) is 5.91 Å². The lowest BCUT2D eigenvalue weighted by Gasteiger charge is -2.42. The molecule has 0 aliphatic carbocycles. The van der Waals surface area contributed by atoms with E-state index in [9.17, 15) is 9.59 Å². The van der Waals surface area contributed by atoms with Crippen molar-refractivity contribution >= 4 is 23.5 Å². The van der Waals surface area contributed by atoms with Crippen LogP contribution in [0.5, 0.6) is 0 Å². The van der Waals surface area contributed by atoms with Gasteiger partial charge in [-0.25, -0.2) is 0 Å². The van der Waals surface area contributed by atoms with Crippen LogP contribution in [0.15, 0.2) is 30.3 Å². The monoisotopic (exact) mass is 400 g/mol. The Bertz CT molecular complexity index is 846. The highest BCUT2D eigenvalue weighted by Crippen LogP contribution is 2.31. The molecule has 0 radical (unpaired) electrons. The number of carbonyl (C=O) groups excluding carboxylic acids is 2. The van der Waals surface area contributed by atoms with Crippen LogP contribution in [-0.2, 0) is 16.1 Å². The second kappa shape index (κ2) is 7.97. The van der Waals surface area contributed by atoms with Crippen molar-refractivity contribution in [2.45, 2.75) is 38.3 Å². The summed E-state index contributed by atoms with van der Waals surface area (Å²) in [5.41, 5.74) is 1.86. The summed E-state index contributed by atoms with van der Waals surface area (Å²) in [5, 5.41) is 0. The van der Waals surface area contributed by atoms with Gasteiger partial charge in [-0.1, -0.05) is 30.3 Å². The Morgan fingerprint density at radius 1 is 1.21 bits per heavy atom. The van der Waals surface area contributed by atoms with Crippen LogP contribution in [0.3, 0.4) is 0 Å². The van der Waals surface area contributed by atoms with Crippen LogP contribution in [0.1, 0.15) is 41.0 Å². The summed E-state index contributed by atoms with van der Waals surface area (Å²) >= 11 is 1.07. The summed E-state index contributed by atoms with van der Waals surface area (Å²) in [7, 11) is 0. The molecule has 0 N–H and O–H groups in total. The Labute approximate surface area is 168 Å². The van der Waals surface area contributed by atoms with Gasteiger partial charge in [0.15, 0.2) is 5.69 Å². The van der Waals surface area contributed by atoms with Crippen molar-refractivity contribution in [3.05, 3.63) is 47.3 Å². The number of benzene rings is 1. The number of likely N-dealkylation sites (tertiary alicyclic amines) is 1. The average Bonchev–Trinajstić information content (AvgIpc) is 3.08. The molecule has 148 valence electrons. The van der Waals surface area contributed by atoms with Crippen molar-refractivity contribution in [3.8, 4) is 0 Å². The lowest BCUT2D eigenvalue weighted by Crippen LogP contribution is -2.53. The number of nitrogens with zero attached hydrogens (tertiary/aromatic N) is 4. The predicted molar refractivity (Wildman–Crippen MR) is 105 cm³/mol. The fourth-order valence-electron chi connectivity index (χ4n) is 3.94. The maximum atomic E-state index is 12.7. The topological polar surface area (TPSA) is 75.6 Å². The standard InChI is InChI=1S/C20H24N4O3S/c1-15-18(22-28-21-15)19(26)23-10-8-20(9-11-23)14-24(17(25)7-12-27-20)13-16-5-3-2-4-6-16/h2-6H,7-14H2,1H3. The van der Waals surface area contributed by atoms with Crippen LogP contribution in [0.2, 0.25) is 0 Å². The first kappa shape index (κ1) is 19.0. The van der Waals surface area contributed by atoms with Crippen molar-refractivity contribution in [2.24, 2.45) is 0 Å². The maximum Gasteiger partial charge on any atom is 0.275 e. The molecule has 0 bridgehead atoms. The van der Waals surface area contributed by atoms with Crippen molar-refractivity contribution in [2.75, 3.05) is 26.2 Å². The van der Waals surface area contributed by atoms with Gasteiger partial charge in [0, 0.05) is 19.6 Å². The van der Waals surface area contributed by atoms with E-state index in [4.69, 9.17) is 4.74 Å². The molecule has 1 aromatic heterocycles. The molecule has 7 nitrogen and oxygen atoms in total. The third-order valence-corrected chi connectivity index (χ3v) is 6.21. The number of hydrogen-bond acceptors (Lipinski definition) is 6. The molecule has 3 heterocycles. The zero-order chi connectivity index (χ0) is 19.6. The summed E-state index contributed by atoms with van der Waals surface area (Å²) < 4.78 is 14.4. The van der Waals surface area contributed by atoms with E-state index in [0.29, 0.717) is 63.4 Å². The molecule has 0 saturated carbocycles. The minimum Gasteiger partial charge on any atom is -0.372 e. The van der Waals surface area contributed by atoms with E-state index in [-0.39, 0.29) is 17.4 Å². The van der Waals surface area contributed by atoms with Crippen LogP contribution < -0.4 is 0 Å². The molecule has 2 amide bonds. The summed E-state index contributed by atoms with van der Waals surface area (Å²) in [6, 6.07) is 10.0. The summed E-state index contributed by atoms with van der Waals surface area (Å²) in [4.78, 5) is 29.0. The van der Waals surface area contributed by atoms with Gasteiger partial charge in [-0.15, -0.1) is 0 Å². The molecule has 0 unspecified atom stereocenters. The number of ether oxygens (including phenoxy) is 1. The third kappa shape index (κ3) is 3.93. The Kier molecular flexibility index (Phi) is 5.41. The van der Waals surface area contributed by atoms with E-state index in [1.165, 1.54) is 0 Å². The highest BCUT2D eigenvalue weighted by molar-refractivity contribution is 6.99. The molecule has 2 aliphatic rings. The quantitative estimate of drug-likeness (QED) is 0.790. The number of amides is 2. The van der Waals surface area contributed by atoms with Gasteiger partial charge >= 0.3 is 0 Å². The Hall–Kier alpha value is -2.32.